The lowest BCUT2D eigenvalue weighted by Gasteiger charge is -2.37. The van der Waals surface area contributed by atoms with Crippen LogP contribution in [0.3, 0.4) is 0 Å². The number of imide groups is 1. The molecule has 6 atom stereocenters. The van der Waals surface area contributed by atoms with Gasteiger partial charge in [-0.15, -0.1) is 0 Å². The third-order valence-electron chi connectivity index (χ3n) is 7.05. The number of rotatable bonds is 4. The molecule has 0 unspecified atom stereocenters. The van der Waals surface area contributed by atoms with Gasteiger partial charge in [-0.3, -0.25) is 14.5 Å². The Labute approximate surface area is 168 Å². The molecule has 29 heavy (non-hydrogen) atoms. The molecule has 4 aliphatic carbocycles. The van der Waals surface area contributed by atoms with E-state index in [2.05, 4.69) is 12.2 Å². The van der Waals surface area contributed by atoms with E-state index in [0.29, 0.717) is 29.0 Å². The molecular weight excluding hydrogens is 366 g/mol. The lowest BCUT2D eigenvalue weighted by Crippen LogP contribution is -2.40. The minimum atomic E-state index is -0.170. The van der Waals surface area contributed by atoms with Gasteiger partial charge in [-0.1, -0.05) is 12.2 Å². The average molecular weight is 387 g/mol. The van der Waals surface area contributed by atoms with Crippen molar-refractivity contribution in [2.45, 2.75) is 6.42 Å². The van der Waals surface area contributed by atoms with Gasteiger partial charge in [0.25, 0.3) is 0 Å². The first-order valence-electron chi connectivity index (χ1n) is 10.1. The molecule has 5 aliphatic rings. The molecule has 0 radical (unpaired) electrons. The first-order chi connectivity index (χ1) is 14.2. The molecule has 2 aromatic rings. The van der Waals surface area contributed by atoms with Crippen LogP contribution in [-0.2, 0) is 9.59 Å². The second-order valence-corrected chi connectivity index (χ2v) is 8.44. The van der Waals surface area contributed by atoms with Crippen LogP contribution in [0.5, 0.6) is 17.2 Å². The van der Waals surface area contributed by atoms with Crippen LogP contribution in [0.4, 0.5) is 5.69 Å². The van der Waals surface area contributed by atoms with Gasteiger partial charge in [-0.05, 0) is 78.6 Å². The van der Waals surface area contributed by atoms with Crippen LogP contribution < -0.4 is 14.4 Å². The number of nitrogens with zero attached hydrogens (tertiary/aromatic N) is 1. The molecule has 5 nitrogen and oxygen atoms in total. The van der Waals surface area contributed by atoms with Gasteiger partial charge in [0.15, 0.2) is 0 Å². The summed E-state index contributed by atoms with van der Waals surface area (Å²) in [6, 6.07) is 14.5. The number of hydrogen-bond acceptors (Lipinski definition) is 4. The van der Waals surface area contributed by atoms with E-state index in [1.165, 1.54) is 11.3 Å². The number of amides is 2. The van der Waals surface area contributed by atoms with E-state index in [1.54, 1.807) is 31.4 Å². The number of ether oxygens (including phenoxy) is 2. The van der Waals surface area contributed by atoms with Gasteiger partial charge in [0.05, 0.1) is 24.6 Å². The first kappa shape index (κ1) is 16.8. The molecule has 5 heteroatoms. The smallest absolute Gasteiger partial charge is 0.238 e. The molecule has 7 rings (SSSR count). The fourth-order valence-electron chi connectivity index (χ4n) is 5.65. The first-order valence-corrected chi connectivity index (χ1v) is 10.1. The number of hydrogen-bond donors (Lipinski definition) is 0. The minimum Gasteiger partial charge on any atom is -0.497 e. The summed E-state index contributed by atoms with van der Waals surface area (Å²) in [6.07, 6.45) is 5.56. The Morgan fingerprint density at radius 1 is 0.759 bits per heavy atom. The van der Waals surface area contributed by atoms with Gasteiger partial charge in [0, 0.05) is 0 Å². The quantitative estimate of drug-likeness (QED) is 0.587. The van der Waals surface area contributed by atoms with Crippen LogP contribution in [0.1, 0.15) is 6.42 Å². The van der Waals surface area contributed by atoms with E-state index in [9.17, 15) is 9.59 Å². The van der Waals surface area contributed by atoms with Gasteiger partial charge in [0.1, 0.15) is 17.2 Å². The fourth-order valence-corrected chi connectivity index (χ4v) is 5.65. The average Bonchev–Trinajstić information content (AvgIpc) is 3.53. The van der Waals surface area contributed by atoms with Crippen molar-refractivity contribution >= 4 is 17.5 Å². The molecule has 0 spiro atoms. The Kier molecular flexibility index (Phi) is 3.46. The van der Waals surface area contributed by atoms with Crippen molar-refractivity contribution in [2.75, 3.05) is 12.0 Å². The zero-order valence-electron chi connectivity index (χ0n) is 16.0. The van der Waals surface area contributed by atoms with Crippen molar-refractivity contribution in [3.05, 3.63) is 60.7 Å². The van der Waals surface area contributed by atoms with Crippen molar-refractivity contribution in [1.29, 1.82) is 0 Å². The number of anilines is 1. The molecule has 1 heterocycles. The molecule has 1 saturated heterocycles. The molecule has 2 bridgehead atoms. The lowest BCUT2D eigenvalue weighted by atomic mass is 9.63. The van der Waals surface area contributed by atoms with Crippen molar-refractivity contribution in [3.8, 4) is 17.2 Å². The van der Waals surface area contributed by atoms with Crippen LogP contribution in [0.15, 0.2) is 60.7 Å². The van der Waals surface area contributed by atoms with Gasteiger partial charge in [0.2, 0.25) is 11.8 Å². The molecule has 3 fully saturated rings. The minimum absolute atomic E-state index is 0.0338. The Hall–Kier alpha value is -3.08. The second-order valence-electron chi connectivity index (χ2n) is 8.44. The molecule has 0 N–H and O–H groups in total. The maximum atomic E-state index is 13.2. The predicted molar refractivity (Wildman–Crippen MR) is 107 cm³/mol. The van der Waals surface area contributed by atoms with E-state index in [-0.39, 0.29) is 35.5 Å². The van der Waals surface area contributed by atoms with Crippen molar-refractivity contribution in [3.63, 3.8) is 0 Å². The number of methoxy groups -OCH3 is 1. The molecule has 2 amide bonds. The molecular formula is C24H21NO4. The van der Waals surface area contributed by atoms with Crippen LogP contribution in [0.25, 0.3) is 0 Å². The summed E-state index contributed by atoms with van der Waals surface area (Å²) in [5.74, 6) is 3.42. The number of allylic oxidation sites excluding steroid dienone is 2. The zero-order chi connectivity index (χ0) is 19.7. The topological polar surface area (TPSA) is 55.8 Å². The summed E-state index contributed by atoms with van der Waals surface area (Å²) < 4.78 is 11.0. The van der Waals surface area contributed by atoms with Gasteiger partial charge in [-0.25, -0.2) is 0 Å². The van der Waals surface area contributed by atoms with E-state index in [4.69, 9.17) is 9.47 Å². The Balaban J connectivity index is 1.23. The third kappa shape index (κ3) is 2.40. The largest absolute Gasteiger partial charge is 0.497 e. The number of benzene rings is 2. The van der Waals surface area contributed by atoms with Crippen LogP contribution in [-0.4, -0.2) is 18.9 Å². The Bertz CT molecular complexity index is 990. The van der Waals surface area contributed by atoms with Crippen LogP contribution in [0, 0.1) is 35.5 Å². The van der Waals surface area contributed by atoms with Crippen molar-refractivity contribution in [1.82, 2.24) is 0 Å². The van der Waals surface area contributed by atoms with E-state index in [0.717, 1.165) is 5.75 Å². The number of carbonyl (C=O) groups excluding carboxylic acids is 2. The molecule has 1 aliphatic heterocycles. The van der Waals surface area contributed by atoms with E-state index < -0.39 is 0 Å². The summed E-state index contributed by atoms with van der Waals surface area (Å²) >= 11 is 0. The molecule has 2 saturated carbocycles. The zero-order valence-corrected chi connectivity index (χ0v) is 16.0. The van der Waals surface area contributed by atoms with E-state index in [1.807, 2.05) is 24.3 Å². The summed E-state index contributed by atoms with van der Waals surface area (Å²) in [7, 11) is 1.62. The molecule has 146 valence electrons. The summed E-state index contributed by atoms with van der Waals surface area (Å²) in [5, 5.41) is 0. The maximum absolute atomic E-state index is 13.2. The van der Waals surface area contributed by atoms with Crippen LogP contribution >= 0.6 is 0 Å². The SMILES string of the molecule is COc1ccc(Oc2ccc(N3C(=O)[C@@H]4[C@H]5C=C[C@H]([C@H]6C[C@H]56)[C@@H]4C3=O)cc2)cc1. The second kappa shape index (κ2) is 5.96. The highest BCUT2D eigenvalue weighted by atomic mass is 16.5. The maximum Gasteiger partial charge on any atom is 0.238 e. The Morgan fingerprint density at radius 2 is 1.24 bits per heavy atom. The normalized spacial score (nSPS) is 33.5. The highest BCUT2D eigenvalue weighted by Crippen LogP contribution is 2.65. The van der Waals surface area contributed by atoms with Crippen molar-refractivity contribution < 1.29 is 19.1 Å². The lowest BCUT2D eigenvalue weighted by molar-refractivity contribution is -0.124. The van der Waals surface area contributed by atoms with Crippen molar-refractivity contribution in [2.24, 2.45) is 35.5 Å². The summed E-state index contributed by atoms with van der Waals surface area (Å²) in [4.78, 5) is 27.7. The van der Waals surface area contributed by atoms with E-state index >= 15 is 0 Å². The monoisotopic (exact) mass is 387 g/mol. The number of carbonyl (C=O) groups is 2. The highest BCUT2D eigenvalue weighted by Gasteiger charge is 2.67. The Morgan fingerprint density at radius 3 is 1.76 bits per heavy atom. The molecule has 2 aromatic carbocycles. The molecule has 0 aromatic heterocycles. The predicted octanol–water partition coefficient (Wildman–Crippen LogP) is 4.05. The fraction of sp³-hybridized carbons (Fsp3) is 0.333. The standard InChI is InChI=1S/C24H21NO4/c1-28-14-6-8-16(9-7-14)29-15-4-2-13(3-5-15)25-23(26)21-17-10-11-18(20-12-19(17)20)22(21)24(25)27/h2-11,17-22H,12H2,1H3/t17-,18+,19-,20-,21+,22-/m1/s1. The third-order valence-corrected chi connectivity index (χ3v) is 7.05. The highest BCUT2D eigenvalue weighted by molar-refractivity contribution is 6.22. The van der Waals surface area contributed by atoms with Gasteiger partial charge < -0.3 is 9.47 Å². The summed E-state index contributed by atoms with van der Waals surface area (Å²) in [5.41, 5.74) is 0.629. The van der Waals surface area contributed by atoms with Gasteiger partial charge >= 0.3 is 0 Å². The van der Waals surface area contributed by atoms with Crippen LogP contribution in [0.2, 0.25) is 0 Å². The summed E-state index contributed by atoms with van der Waals surface area (Å²) in [6.45, 7) is 0. The van der Waals surface area contributed by atoms with Gasteiger partial charge in [-0.2, -0.15) is 0 Å².